The summed E-state index contributed by atoms with van der Waals surface area (Å²) in [5.41, 5.74) is 0.551. The predicted molar refractivity (Wildman–Crippen MR) is 84.7 cm³/mol. The molecule has 1 amide bonds. The zero-order chi connectivity index (χ0) is 15.6. The second-order valence-electron chi connectivity index (χ2n) is 5.04. The molecule has 1 atom stereocenters. The number of anilines is 1. The highest BCUT2D eigenvalue weighted by atomic mass is 79.9. The number of nitrogens with one attached hydrogen (secondary N) is 2. The Balaban J connectivity index is 2.28. The molecule has 0 aromatic heterocycles. The lowest BCUT2D eigenvalue weighted by Crippen LogP contribution is -2.51. The van der Waals surface area contributed by atoms with Gasteiger partial charge in [0.15, 0.2) is 0 Å². The summed E-state index contributed by atoms with van der Waals surface area (Å²) in [6, 6.07) is 4.76. The minimum absolute atomic E-state index is 0.135. The fraction of sp³-hybridized carbons (Fsp3) is 0.462. The summed E-state index contributed by atoms with van der Waals surface area (Å²) in [7, 11) is -3.51. The molecule has 1 aromatic carbocycles. The maximum atomic E-state index is 12.6. The minimum Gasteiger partial charge on any atom is -0.325 e. The lowest BCUT2D eigenvalue weighted by atomic mass is 10.3. The van der Waals surface area contributed by atoms with Crippen molar-refractivity contribution in [2.75, 3.05) is 25.0 Å². The molecule has 1 aliphatic rings. The van der Waals surface area contributed by atoms with E-state index in [1.807, 2.05) is 6.92 Å². The number of rotatable bonds is 3. The molecule has 1 aliphatic heterocycles. The summed E-state index contributed by atoms with van der Waals surface area (Å²) < 4.78 is 27.2. The van der Waals surface area contributed by atoms with Crippen molar-refractivity contribution in [3.63, 3.8) is 0 Å². The van der Waals surface area contributed by atoms with Crippen molar-refractivity contribution >= 4 is 37.5 Å². The molecule has 6 nitrogen and oxygen atoms in total. The van der Waals surface area contributed by atoms with Gasteiger partial charge in [-0.1, -0.05) is 0 Å². The molecule has 0 bridgehead atoms. The fourth-order valence-electron chi connectivity index (χ4n) is 2.21. The third-order valence-electron chi connectivity index (χ3n) is 3.22. The van der Waals surface area contributed by atoms with Gasteiger partial charge in [-0.25, -0.2) is 8.42 Å². The van der Waals surface area contributed by atoms with Crippen LogP contribution in [0.3, 0.4) is 0 Å². The van der Waals surface area contributed by atoms with Crippen LogP contribution in [0.5, 0.6) is 0 Å². The fourth-order valence-corrected chi connectivity index (χ4v) is 4.40. The first kappa shape index (κ1) is 16.4. The Morgan fingerprint density at radius 1 is 1.48 bits per heavy atom. The van der Waals surface area contributed by atoms with Gasteiger partial charge in [-0.3, -0.25) is 4.79 Å². The molecule has 0 aliphatic carbocycles. The second kappa shape index (κ2) is 6.43. The third kappa shape index (κ3) is 3.82. The van der Waals surface area contributed by atoms with Crippen molar-refractivity contribution in [2.24, 2.45) is 0 Å². The van der Waals surface area contributed by atoms with E-state index in [-0.39, 0.29) is 16.8 Å². The number of halogens is 1. The summed E-state index contributed by atoms with van der Waals surface area (Å²) in [5.74, 6) is -0.206. The number of sulfonamides is 1. The van der Waals surface area contributed by atoms with Gasteiger partial charge in [-0.05, 0) is 41.1 Å². The van der Waals surface area contributed by atoms with E-state index < -0.39 is 10.0 Å². The first-order valence-electron chi connectivity index (χ1n) is 6.61. The molecule has 116 valence electrons. The number of carbonyl (C=O) groups is 1. The summed E-state index contributed by atoms with van der Waals surface area (Å²) in [6.07, 6.45) is 0. The first-order chi connectivity index (χ1) is 9.80. The molecule has 1 heterocycles. The van der Waals surface area contributed by atoms with Crippen LogP contribution < -0.4 is 10.6 Å². The number of amides is 1. The molecule has 1 saturated heterocycles. The van der Waals surface area contributed by atoms with Crippen molar-refractivity contribution in [3.8, 4) is 0 Å². The van der Waals surface area contributed by atoms with Gasteiger partial charge in [0.2, 0.25) is 15.9 Å². The average Bonchev–Trinajstić information content (AvgIpc) is 2.40. The van der Waals surface area contributed by atoms with E-state index in [0.29, 0.717) is 29.8 Å². The molecule has 0 radical (unpaired) electrons. The Hall–Kier alpha value is -0.960. The van der Waals surface area contributed by atoms with Crippen LogP contribution in [0.4, 0.5) is 5.69 Å². The van der Waals surface area contributed by atoms with Crippen LogP contribution in [0.25, 0.3) is 0 Å². The van der Waals surface area contributed by atoms with Gasteiger partial charge in [0.25, 0.3) is 0 Å². The van der Waals surface area contributed by atoms with Crippen molar-refractivity contribution in [2.45, 2.75) is 24.8 Å². The molecule has 2 rings (SSSR count). The van der Waals surface area contributed by atoms with E-state index in [1.54, 1.807) is 6.07 Å². The lowest BCUT2D eigenvalue weighted by molar-refractivity contribution is -0.114. The van der Waals surface area contributed by atoms with Gasteiger partial charge in [0.05, 0.1) is 10.6 Å². The van der Waals surface area contributed by atoms with Crippen molar-refractivity contribution in [1.29, 1.82) is 0 Å². The van der Waals surface area contributed by atoms with E-state index >= 15 is 0 Å². The van der Waals surface area contributed by atoms with E-state index in [1.165, 1.54) is 23.4 Å². The van der Waals surface area contributed by atoms with Crippen LogP contribution in [0.15, 0.2) is 27.6 Å². The largest absolute Gasteiger partial charge is 0.325 e. The maximum absolute atomic E-state index is 12.6. The summed E-state index contributed by atoms with van der Waals surface area (Å²) in [4.78, 5) is 11.3. The number of hydrogen-bond donors (Lipinski definition) is 2. The van der Waals surface area contributed by atoms with Crippen LogP contribution in [0.1, 0.15) is 13.8 Å². The summed E-state index contributed by atoms with van der Waals surface area (Å²) in [5, 5.41) is 5.85. The zero-order valence-electron chi connectivity index (χ0n) is 11.9. The van der Waals surface area contributed by atoms with Crippen molar-refractivity contribution < 1.29 is 13.2 Å². The van der Waals surface area contributed by atoms with Crippen LogP contribution in [0, 0.1) is 0 Å². The number of hydrogen-bond acceptors (Lipinski definition) is 4. The molecular formula is C13H18BrN3O3S. The van der Waals surface area contributed by atoms with E-state index in [4.69, 9.17) is 0 Å². The SMILES string of the molecule is CC(=O)Nc1ccc(S(=O)(=O)N2CCNC(C)C2)cc1Br. The van der Waals surface area contributed by atoms with Crippen molar-refractivity contribution in [3.05, 3.63) is 22.7 Å². The molecule has 1 aromatic rings. The number of piperazine rings is 1. The van der Waals surface area contributed by atoms with Gasteiger partial charge in [0.1, 0.15) is 0 Å². The standard InChI is InChI=1S/C13H18BrN3O3S/c1-9-8-17(6-5-15-9)21(19,20)11-3-4-13(12(14)7-11)16-10(2)18/h3-4,7,9,15H,5-6,8H2,1-2H3,(H,16,18). The highest BCUT2D eigenvalue weighted by molar-refractivity contribution is 9.10. The molecule has 1 fully saturated rings. The van der Waals surface area contributed by atoms with Crippen LogP contribution in [-0.4, -0.2) is 44.3 Å². The summed E-state index contributed by atoms with van der Waals surface area (Å²) >= 11 is 3.29. The van der Waals surface area contributed by atoms with E-state index in [9.17, 15) is 13.2 Å². The normalized spacial score (nSPS) is 20.2. The Morgan fingerprint density at radius 2 is 2.19 bits per heavy atom. The molecule has 1 unspecified atom stereocenters. The predicted octanol–water partition coefficient (Wildman–Crippen LogP) is 1.39. The topological polar surface area (TPSA) is 78.5 Å². The maximum Gasteiger partial charge on any atom is 0.243 e. The van der Waals surface area contributed by atoms with Gasteiger partial charge in [0, 0.05) is 37.1 Å². The molecule has 0 saturated carbocycles. The van der Waals surface area contributed by atoms with E-state index in [0.717, 1.165) is 0 Å². The Kier molecular flexibility index (Phi) is 5.03. The number of carbonyl (C=O) groups excluding carboxylic acids is 1. The Morgan fingerprint density at radius 3 is 2.76 bits per heavy atom. The lowest BCUT2D eigenvalue weighted by Gasteiger charge is -2.31. The average molecular weight is 376 g/mol. The van der Waals surface area contributed by atoms with Gasteiger partial charge in [-0.2, -0.15) is 4.31 Å². The van der Waals surface area contributed by atoms with Crippen LogP contribution in [-0.2, 0) is 14.8 Å². The van der Waals surface area contributed by atoms with E-state index in [2.05, 4.69) is 26.6 Å². The number of benzene rings is 1. The third-order valence-corrected chi connectivity index (χ3v) is 5.74. The second-order valence-corrected chi connectivity index (χ2v) is 7.83. The van der Waals surface area contributed by atoms with Crippen LogP contribution in [0.2, 0.25) is 0 Å². The molecule has 2 N–H and O–H groups in total. The van der Waals surface area contributed by atoms with Gasteiger partial charge < -0.3 is 10.6 Å². The molecule has 0 spiro atoms. The smallest absolute Gasteiger partial charge is 0.243 e. The summed E-state index contributed by atoms with van der Waals surface area (Å²) in [6.45, 7) is 4.91. The Labute approximate surface area is 133 Å². The Bertz CT molecular complexity index is 648. The monoisotopic (exact) mass is 375 g/mol. The number of nitrogens with zero attached hydrogens (tertiary/aromatic N) is 1. The van der Waals surface area contributed by atoms with Crippen molar-refractivity contribution in [1.82, 2.24) is 9.62 Å². The highest BCUT2D eigenvalue weighted by Gasteiger charge is 2.28. The van der Waals surface area contributed by atoms with Gasteiger partial charge in [-0.15, -0.1) is 0 Å². The molecule has 21 heavy (non-hydrogen) atoms. The van der Waals surface area contributed by atoms with Gasteiger partial charge >= 0.3 is 0 Å². The minimum atomic E-state index is -3.51. The highest BCUT2D eigenvalue weighted by Crippen LogP contribution is 2.27. The zero-order valence-corrected chi connectivity index (χ0v) is 14.3. The first-order valence-corrected chi connectivity index (χ1v) is 8.84. The molecule has 8 heteroatoms. The quantitative estimate of drug-likeness (QED) is 0.836. The molecular weight excluding hydrogens is 358 g/mol. The van der Waals surface area contributed by atoms with Crippen LogP contribution >= 0.6 is 15.9 Å².